The third-order valence-electron chi connectivity index (χ3n) is 1.60. The van der Waals surface area contributed by atoms with E-state index in [0.717, 1.165) is 24.7 Å². The van der Waals surface area contributed by atoms with Crippen LogP contribution in [0.25, 0.3) is 0 Å². The molecule has 0 fully saturated rings. The largest absolute Gasteiger partial charge is 0.349 e. The van der Waals surface area contributed by atoms with Crippen molar-refractivity contribution in [2.24, 2.45) is 0 Å². The summed E-state index contributed by atoms with van der Waals surface area (Å²) < 4.78 is 0. The fourth-order valence-corrected chi connectivity index (χ4v) is 0.924. The van der Waals surface area contributed by atoms with E-state index in [0.29, 0.717) is 0 Å². The van der Waals surface area contributed by atoms with Crippen molar-refractivity contribution >= 4 is 5.95 Å². The first kappa shape index (κ1) is 9.06. The van der Waals surface area contributed by atoms with Crippen molar-refractivity contribution in [3.8, 4) is 0 Å². The summed E-state index contributed by atoms with van der Waals surface area (Å²) in [5.74, 6) is 0.905. The Morgan fingerprint density at radius 2 is 2.33 bits per heavy atom. The number of hydrogen-bond donors (Lipinski definition) is 2. The summed E-state index contributed by atoms with van der Waals surface area (Å²) in [7, 11) is 3.94. The van der Waals surface area contributed by atoms with Crippen LogP contribution in [0.4, 0.5) is 5.95 Å². The van der Waals surface area contributed by atoms with Gasteiger partial charge in [0.05, 0.1) is 11.9 Å². The second-order valence-electron chi connectivity index (χ2n) is 2.91. The topological polar surface area (TPSA) is 44.0 Å². The second kappa shape index (κ2) is 4.11. The lowest BCUT2D eigenvalue weighted by Gasteiger charge is -2.06. The van der Waals surface area contributed by atoms with Crippen LogP contribution in [0.1, 0.15) is 12.6 Å². The molecule has 68 valence electrons. The van der Waals surface area contributed by atoms with Gasteiger partial charge in [0, 0.05) is 20.6 Å². The smallest absolute Gasteiger partial charge is 0.202 e. The average Bonchev–Trinajstić information content (AvgIpc) is 2.48. The Labute approximate surface area is 73.0 Å². The monoisotopic (exact) mass is 168 g/mol. The van der Waals surface area contributed by atoms with Gasteiger partial charge in [0.25, 0.3) is 0 Å². The van der Waals surface area contributed by atoms with E-state index in [2.05, 4.69) is 22.2 Å². The molecule has 0 amide bonds. The standard InChI is InChI=1S/C8H16N4/c1-4-9-5-7-6-10-8(11-7)12(2)3/h6,9H,4-5H2,1-3H3,(H,10,11). The van der Waals surface area contributed by atoms with E-state index in [1.165, 1.54) is 0 Å². The van der Waals surface area contributed by atoms with Crippen LogP contribution in [-0.4, -0.2) is 30.6 Å². The summed E-state index contributed by atoms with van der Waals surface area (Å²) in [4.78, 5) is 9.35. The number of anilines is 1. The molecular weight excluding hydrogens is 152 g/mol. The lowest BCUT2D eigenvalue weighted by Crippen LogP contribution is -2.13. The van der Waals surface area contributed by atoms with Crippen LogP contribution in [0.3, 0.4) is 0 Å². The number of nitrogens with one attached hydrogen (secondary N) is 2. The molecule has 1 heterocycles. The number of nitrogens with zero attached hydrogens (tertiary/aromatic N) is 2. The summed E-state index contributed by atoms with van der Waals surface area (Å²) in [5, 5.41) is 3.23. The third kappa shape index (κ3) is 2.23. The van der Waals surface area contributed by atoms with Gasteiger partial charge in [-0.2, -0.15) is 0 Å². The van der Waals surface area contributed by atoms with Crippen molar-refractivity contribution in [1.29, 1.82) is 0 Å². The van der Waals surface area contributed by atoms with Crippen LogP contribution >= 0.6 is 0 Å². The quantitative estimate of drug-likeness (QED) is 0.691. The van der Waals surface area contributed by atoms with Gasteiger partial charge in [-0.1, -0.05) is 6.92 Å². The van der Waals surface area contributed by atoms with Crippen molar-refractivity contribution in [3.63, 3.8) is 0 Å². The Kier molecular flexibility index (Phi) is 3.10. The molecule has 0 bridgehead atoms. The minimum absolute atomic E-state index is 0.858. The number of rotatable bonds is 4. The molecule has 0 saturated carbocycles. The van der Waals surface area contributed by atoms with Gasteiger partial charge in [0.1, 0.15) is 0 Å². The Morgan fingerprint density at radius 1 is 1.58 bits per heavy atom. The lowest BCUT2D eigenvalue weighted by atomic mass is 10.5. The molecule has 0 aliphatic heterocycles. The van der Waals surface area contributed by atoms with Crippen LogP contribution in [0, 0.1) is 0 Å². The summed E-state index contributed by atoms with van der Waals surface area (Å²) >= 11 is 0. The van der Waals surface area contributed by atoms with Gasteiger partial charge < -0.3 is 15.2 Å². The Hall–Kier alpha value is -1.03. The Bertz CT molecular complexity index is 229. The number of aromatic amines is 1. The molecule has 0 atom stereocenters. The maximum Gasteiger partial charge on any atom is 0.202 e. The van der Waals surface area contributed by atoms with Crippen LogP contribution in [0.15, 0.2) is 6.20 Å². The van der Waals surface area contributed by atoms with Crippen LogP contribution < -0.4 is 10.2 Å². The maximum atomic E-state index is 4.20. The molecule has 12 heavy (non-hydrogen) atoms. The van der Waals surface area contributed by atoms with Crippen molar-refractivity contribution in [3.05, 3.63) is 11.9 Å². The molecule has 0 spiro atoms. The number of hydrogen-bond acceptors (Lipinski definition) is 3. The number of H-pyrrole nitrogens is 1. The summed E-state index contributed by atoms with van der Waals surface area (Å²) in [5.41, 5.74) is 1.13. The lowest BCUT2D eigenvalue weighted by molar-refractivity contribution is 0.713. The van der Waals surface area contributed by atoms with E-state index in [-0.39, 0.29) is 0 Å². The minimum Gasteiger partial charge on any atom is -0.349 e. The predicted octanol–water partition coefficient (Wildman–Crippen LogP) is 0.585. The normalized spacial score (nSPS) is 10.2. The Balaban J connectivity index is 2.52. The van der Waals surface area contributed by atoms with E-state index in [1.54, 1.807) is 0 Å². The van der Waals surface area contributed by atoms with E-state index < -0.39 is 0 Å². The van der Waals surface area contributed by atoms with E-state index >= 15 is 0 Å². The molecule has 0 unspecified atom stereocenters. The highest BCUT2D eigenvalue weighted by molar-refractivity contribution is 5.28. The molecule has 1 rings (SSSR count). The Morgan fingerprint density at radius 3 is 2.83 bits per heavy atom. The summed E-state index contributed by atoms with van der Waals surface area (Å²) in [6, 6.07) is 0. The minimum atomic E-state index is 0.858. The first-order valence-corrected chi connectivity index (χ1v) is 4.16. The average molecular weight is 168 g/mol. The van der Waals surface area contributed by atoms with Gasteiger partial charge in [0.2, 0.25) is 5.95 Å². The number of aromatic nitrogens is 2. The third-order valence-corrected chi connectivity index (χ3v) is 1.60. The molecule has 0 aliphatic rings. The molecule has 4 nitrogen and oxygen atoms in total. The predicted molar refractivity (Wildman–Crippen MR) is 50.3 cm³/mol. The van der Waals surface area contributed by atoms with E-state index in [9.17, 15) is 0 Å². The van der Waals surface area contributed by atoms with Crippen molar-refractivity contribution in [2.75, 3.05) is 25.5 Å². The van der Waals surface area contributed by atoms with Crippen LogP contribution in [0.2, 0.25) is 0 Å². The maximum absolute atomic E-state index is 4.20. The molecule has 2 N–H and O–H groups in total. The van der Waals surface area contributed by atoms with Gasteiger partial charge in [-0.05, 0) is 6.54 Å². The van der Waals surface area contributed by atoms with Crippen molar-refractivity contribution in [1.82, 2.24) is 15.3 Å². The summed E-state index contributed by atoms with van der Waals surface area (Å²) in [6.45, 7) is 3.93. The van der Waals surface area contributed by atoms with Gasteiger partial charge >= 0.3 is 0 Å². The van der Waals surface area contributed by atoms with Crippen LogP contribution in [-0.2, 0) is 6.54 Å². The molecule has 1 aromatic rings. The summed E-state index contributed by atoms with van der Waals surface area (Å²) in [6.07, 6.45) is 1.86. The molecule has 0 radical (unpaired) electrons. The SMILES string of the molecule is CCNCc1cnc(N(C)C)[nH]1. The first-order valence-electron chi connectivity index (χ1n) is 4.16. The first-order chi connectivity index (χ1) is 5.74. The highest BCUT2D eigenvalue weighted by Gasteiger charge is 2.00. The number of imidazole rings is 1. The molecule has 1 aromatic heterocycles. The van der Waals surface area contributed by atoms with Crippen molar-refractivity contribution in [2.45, 2.75) is 13.5 Å². The zero-order chi connectivity index (χ0) is 8.97. The molecule has 4 heteroatoms. The molecular formula is C8H16N4. The van der Waals surface area contributed by atoms with Gasteiger partial charge in [-0.25, -0.2) is 4.98 Å². The second-order valence-corrected chi connectivity index (χ2v) is 2.91. The van der Waals surface area contributed by atoms with Crippen molar-refractivity contribution < 1.29 is 0 Å². The molecule has 0 aromatic carbocycles. The zero-order valence-corrected chi connectivity index (χ0v) is 7.89. The fraction of sp³-hybridized carbons (Fsp3) is 0.625. The van der Waals surface area contributed by atoms with Gasteiger partial charge in [0.15, 0.2) is 0 Å². The van der Waals surface area contributed by atoms with Gasteiger partial charge in [-0.3, -0.25) is 0 Å². The van der Waals surface area contributed by atoms with E-state index in [4.69, 9.17) is 0 Å². The highest BCUT2D eigenvalue weighted by Crippen LogP contribution is 2.04. The van der Waals surface area contributed by atoms with Crippen LogP contribution in [0.5, 0.6) is 0 Å². The molecule has 0 saturated heterocycles. The van der Waals surface area contributed by atoms with Gasteiger partial charge in [-0.15, -0.1) is 0 Å². The fourth-order valence-electron chi connectivity index (χ4n) is 0.924. The molecule has 0 aliphatic carbocycles. The van der Waals surface area contributed by atoms with E-state index in [1.807, 2.05) is 25.2 Å². The highest BCUT2D eigenvalue weighted by atomic mass is 15.2. The zero-order valence-electron chi connectivity index (χ0n) is 7.89.